The maximum absolute atomic E-state index is 12.6. The number of halogens is 1. The van der Waals surface area contributed by atoms with E-state index in [1.807, 2.05) is 48.5 Å². The number of ether oxygens (including phenoxy) is 3. The maximum Gasteiger partial charge on any atom is 0.336 e. The average molecular weight is 836 g/mol. The number of rotatable bonds is 15. The van der Waals surface area contributed by atoms with Gasteiger partial charge in [0.2, 0.25) is 0 Å². The second-order valence-electron chi connectivity index (χ2n) is 12.9. The number of nitrogens with zero attached hydrogens (tertiary/aromatic N) is 1. The predicted octanol–water partition coefficient (Wildman–Crippen LogP) is 13.8. The molecule has 8 aromatic rings. The number of benzene rings is 6. The Morgan fingerprint density at radius 3 is 1.71 bits per heavy atom. The standard InChI is InChI=1S/C48H34ClNO5S3/c49-35-15-17-36(18-16-35)55-47-42-27-43(53-30-32-11-19-39(20-12-32)56-37-7-3-1-4-8-37)44(54-31-33-13-21-40(22-14-33)57-38-9-5-2-6-10-38)29-45(42)58-46(47)28-41(48(51)52)34-23-25-50-26-24-34/h1-29H,30-31H2,(H,51,52)/b41-28+. The van der Waals surface area contributed by atoms with Crippen molar-refractivity contribution in [3.8, 4) is 23.0 Å². The minimum Gasteiger partial charge on any atom is -0.485 e. The Morgan fingerprint density at radius 2 is 1.17 bits per heavy atom. The van der Waals surface area contributed by atoms with Crippen molar-refractivity contribution in [1.82, 2.24) is 4.98 Å². The van der Waals surface area contributed by atoms with E-state index in [2.05, 4.69) is 77.8 Å². The molecule has 10 heteroatoms. The van der Waals surface area contributed by atoms with Crippen molar-refractivity contribution in [3.05, 3.63) is 197 Å². The molecule has 0 saturated carbocycles. The molecule has 58 heavy (non-hydrogen) atoms. The minimum atomic E-state index is -1.07. The van der Waals surface area contributed by atoms with E-state index in [4.69, 9.17) is 25.8 Å². The summed E-state index contributed by atoms with van der Waals surface area (Å²) in [6.45, 7) is 0.597. The van der Waals surface area contributed by atoms with E-state index >= 15 is 0 Å². The van der Waals surface area contributed by atoms with Gasteiger partial charge in [0, 0.05) is 53.2 Å². The van der Waals surface area contributed by atoms with Crippen molar-refractivity contribution in [2.45, 2.75) is 32.8 Å². The molecule has 2 heterocycles. The van der Waals surface area contributed by atoms with Crippen LogP contribution in [0.15, 0.2) is 190 Å². The number of hydrogen-bond acceptors (Lipinski definition) is 8. The van der Waals surface area contributed by atoms with Crippen LogP contribution in [0.3, 0.4) is 0 Å². The summed E-state index contributed by atoms with van der Waals surface area (Å²) in [6.07, 6.45) is 4.78. The lowest BCUT2D eigenvalue weighted by Gasteiger charge is -2.15. The van der Waals surface area contributed by atoms with Gasteiger partial charge in [0.1, 0.15) is 19.0 Å². The van der Waals surface area contributed by atoms with Gasteiger partial charge in [-0.25, -0.2) is 4.79 Å². The Morgan fingerprint density at radius 1 is 0.655 bits per heavy atom. The summed E-state index contributed by atoms with van der Waals surface area (Å²) in [4.78, 5) is 21.9. The van der Waals surface area contributed by atoms with Gasteiger partial charge in [0.05, 0.1) is 10.5 Å². The number of thiophene rings is 1. The van der Waals surface area contributed by atoms with Crippen LogP contribution in [0, 0.1) is 0 Å². The van der Waals surface area contributed by atoms with E-state index in [0.717, 1.165) is 31.0 Å². The second-order valence-corrected chi connectivity index (χ2v) is 16.8. The lowest BCUT2D eigenvalue weighted by atomic mass is 10.1. The SMILES string of the molecule is O=C(O)/C(=C/c1sc2cc(OCc3ccc(Sc4ccccc4)cc3)c(OCc3ccc(Sc4ccccc4)cc3)cc2c1Oc1ccc(Cl)cc1)c1ccncc1. The highest BCUT2D eigenvalue weighted by atomic mass is 35.5. The van der Waals surface area contributed by atoms with Crippen LogP contribution in [-0.4, -0.2) is 16.1 Å². The highest BCUT2D eigenvalue weighted by Crippen LogP contribution is 2.47. The van der Waals surface area contributed by atoms with E-state index in [9.17, 15) is 9.90 Å². The largest absolute Gasteiger partial charge is 0.485 e. The molecule has 0 amide bonds. The van der Waals surface area contributed by atoms with Crippen LogP contribution >= 0.6 is 46.5 Å². The average Bonchev–Trinajstić information content (AvgIpc) is 3.58. The van der Waals surface area contributed by atoms with Crippen LogP contribution in [-0.2, 0) is 18.0 Å². The normalized spacial score (nSPS) is 11.4. The van der Waals surface area contributed by atoms with Crippen molar-refractivity contribution in [1.29, 1.82) is 0 Å². The monoisotopic (exact) mass is 835 g/mol. The van der Waals surface area contributed by atoms with Crippen molar-refractivity contribution in [3.63, 3.8) is 0 Å². The maximum atomic E-state index is 12.6. The first-order valence-electron chi connectivity index (χ1n) is 18.2. The molecule has 0 radical (unpaired) electrons. The fourth-order valence-electron chi connectivity index (χ4n) is 5.96. The summed E-state index contributed by atoms with van der Waals surface area (Å²) in [6, 6.07) is 51.4. The van der Waals surface area contributed by atoms with E-state index in [1.165, 1.54) is 21.1 Å². The number of aliphatic carboxylic acids is 1. The molecule has 0 unspecified atom stereocenters. The molecule has 0 bridgehead atoms. The Hall–Kier alpha value is -5.97. The lowest BCUT2D eigenvalue weighted by molar-refractivity contribution is -0.130. The first-order valence-corrected chi connectivity index (χ1v) is 21.0. The molecule has 8 rings (SSSR count). The smallest absolute Gasteiger partial charge is 0.336 e. The number of hydrogen-bond donors (Lipinski definition) is 1. The quantitative estimate of drug-likeness (QED) is 0.102. The van der Waals surface area contributed by atoms with Crippen LogP contribution in [0.5, 0.6) is 23.0 Å². The van der Waals surface area contributed by atoms with E-state index in [-0.39, 0.29) is 5.57 Å². The summed E-state index contributed by atoms with van der Waals surface area (Å²) in [7, 11) is 0. The minimum absolute atomic E-state index is 0.102. The first-order chi connectivity index (χ1) is 28.4. The van der Waals surface area contributed by atoms with E-state index in [1.54, 1.807) is 78.4 Å². The fraction of sp³-hybridized carbons (Fsp3) is 0.0417. The first kappa shape index (κ1) is 38.9. The molecule has 0 saturated heterocycles. The van der Waals surface area contributed by atoms with Gasteiger partial charge in [-0.2, -0.15) is 0 Å². The molecule has 6 nitrogen and oxygen atoms in total. The highest BCUT2D eigenvalue weighted by Gasteiger charge is 2.21. The third-order valence-electron chi connectivity index (χ3n) is 8.86. The van der Waals surface area contributed by atoms with Crippen LogP contribution < -0.4 is 14.2 Å². The van der Waals surface area contributed by atoms with Gasteiger partial charge >= 0.3 is 5.97 Å². The zero-order chi connectivity index (χ0) is 39.7. The molecule has 2 aromatic heterocycles. The summed E-state index contributed by atoms with van der Waals surface area (Å²) in [5, 5.41) is 11.6. The number of pyridine rings is 1. The Bertz CT molecular complexity index is 2650. The van der Waals surface area contributed by atoms with Crippen molar-refractivity contribution >= 4 is 74.2 Å². The summed E-state index contributed by atoms with van der Waals surface area (Å²) < 4.78 is 20.5. The predicted molar refractivity (Wildman–Crippen MR) is 236 cm³/mol. The van der Waals surface area contributed by atoms with Gasteiger partial charge in [-0.1, -0.05) is 95.8 Å². The van der Waals surface area contributed by atoms with Gasteiger partial charge in [-0.15, -0.1) is 11.3 Å². The molecule has 286 valence electrons. The lowest BCUT2D eigenvalue weighted by Crippen LogP contribution is -2.01. The molecule has 0 aliphatic carbocycles. The van der Waals surface area contributed by atoms with Crippen LogP contribution in [0.2, 0.25) is 5.02 Å². The molecule has 1 N–H and O–H groups in total. The number of carboxylic acids is 1. The Balaban J connectivity index is 1.14. The summed E-state index contributed by atoms with van der Waals surface area (Å²) in [5.41, 5.74) is 2.61. The molecule has 0 aliphatic rings. The third kappa shape index (κ3) is 9.93. The van der Waals surface area contributed by atoms with E-state index in [0.29, 0.717) is 51.7 Å². The van der Waals surface area contributed by atoms with Crippen LogP contribution in [0.4, 0.5) is 0 Å². The zero-order valence-electron chi connectivity index (χ0n) is 30.8. The van der Waals surface area contributed by atoms with Gasteiger partial charge < -0.3 is 19.3 Å². The van der Waals surface area contributed by atoms with Crippen LogP contribution in [0.1, 0.15) is 21.6 Å². The zero-order valence-corrected chi connectivity index (χ0v) is 34.0. The second kappa shape index (κ2) is 18.5. The molecule has 0 fully saturated rings. The van der Waals surface area contributed by atoms with Crippen molar-refractivity contribution < 1.29 is 24.1 Å². The molecular weight excluding hydrogens is 802 g/mol. The molecule has 0 spiro atoms. The van der Waals surface area contributed by atoms with E-state index < -0.39 is 5.97 Å². The van der Waals surface area contributed by atoms with Gasteiger partial charge in [-0.05, 0) is 114 Å². The Kier molecular flexibility index (Phi) is 12.4. The third-order valence-corrected chi connectivity index (χ3v) is 12.2. The molecular formula is C48H34ClNO5S3. The highest BCUT2D eigenvalue weighted by molar-refractivity contribution is 7.99. The van der Waals surface area contributed by atoms with Gasteiger partial charge in [-0.3, -0.25) is 4.98 Å². The summed E-state index contributed by atoms with van der Waals surface area (Å²) in [5.74, 6) is 1.03. The Labute approximate surface area is 353 Å². The van der Waals surface area contributed by atoms with Crippen molar-refractivity contribution in [2.75, 3.05) is 0 Å². The van der Waals surface area contributed by atoms with Crippen LogP contribution in [0.25, 0.3) is 21.7 Å². The number of fused-ring (bicyclic) bond motifs is 1. The molecule has 0 atom stereocenters. The number of carbonyl (C=O) groups is 1. The fourth-order valence-corrected chi connectivity index (χ4v) is 8.84. The molecule has 0 aliphatic heterocycles. The van der Waals surface area contributed by atoms with Gasteiger partial charge in [0.15, 0.2) is 17.2 Å². The topological polar surface area (TPSA) is 77.9 Å². The number of carboxylic acid groups (broad SMARTS) is 1. The number of aromatic nitrogens is 1. The van der Waals surface area contributed by atoms with Gasteiger partial charge in [0.25, 0.3) is 0 Å². The molecule has 6 aromatic carbocycles. The van der Waals surface area contributed by atoms with Crippen molar-refractivity contribution in [2.24, 2.45) is 0 Å². The summed E-state index contributed by atoms with van der Waals surface area (Å²) >= 11 is 11.0.